The molecule has 2 heterocycles. The zero-order valence-electron chi connectivity index (χ0n) is 11.0. The Hall–Kier alpha value is -0.390. The zero-order chi connectivity index (χ0) is 13.2. The van der Waals surface area contributed by atoms with Gasteiger partial charge in [0, 0.05) is 10.9 Å². The highest BCUT2D eigenvalue weighted by Crippen LogP contribution is 2.24. The Kier molecular flexibility index (Phi) is 4.45. The van der Waals surface area contributed by atoms with E-state index in [4.69, 9.17) is 0 Å². The van der Waals surface area contributed by atoms with Gasteiger partial charge >= 0.3 is 0 Å². The molecule has 2 rings (SSSR count). The predicted molar refractivity (Wildman–Crippen MR) is 76.9 cm³/mol. The van der Waals surface area contributed by atoms with Gasteiger partial charge in [0.2, 0.25) is 0 Å². The summed E-state index contributed by atoms with van der Waals surface area (Å²) in [6.45, 7) is 5.24. The van der Waals surface area contributed by atoms with Crippen LogP contribution in [0.5, 0.6) is 0 Å². The first-order valence-corrected chi connectivity index (χ1v) is 9.16. The SMILES string of the molecule is Cc1ccsc1C(C)NCC1CCS(=O)(=O)CC1. The Balaban J connectivity index is 1.81. The molecular weight excluding hydrogens is 266 g/mol. The molecule has 5 heteroatoms. The molecule has 0 radical (unpaired) electrons. The second-order valence-electron chi connectivity index (χ2n) is 5.19. The van der Waals surface area contributed by atoms with Crippen molar-refractivity contribution in [1.82, 2.24) is 5.32 Å². The van der Waals surface area contributed by atoms with Crippen LogP contribution in [0, 0.1) is 12.8 Å². The lowest BCUT2D eigenvalue weighted by Crippen LogP contribution is -2.32. The Morgan fingerprint density at radius 2 is 2.11 bits per heavy atom. The lowest BCUT2D eigenvalue weighted by atomic mass is 10.0. The molecule has 0 amide bonds. The highest BCUT2D eigenvalue weighted by molar-refractivity contribution is 7.91. The minimum absolute atomic E-state index is 0.364. The molecule has 1 fully saturated rings. The molecule has 18 heavy (non-hydrogen) atoms. The van der Waals surface area contributed by atoms with Crippen LogP contribution < -0.4 is 5.32 Å². The molecule has 0 spiro atoms. The molecular formula is C13H21NO2S2. The second-order valence-corrected chi connectivity index (χ2v) is 8.44. The van der Waals surface area contributed by atoms with Crippen LogP contribution in [0.25, 0.3) is 0 Å². The molecule has 0 aromatic carbocycles. The summed E-state index contributed by atoms with van der Waals surface area (Å²) in [4.78, 5) is 1.39. The van der Waals surface area contributed by atoms with Gasteiger partial charge in [-0.3, -0.25) is 0 Å². The van der Waals surface area contributed by atoms with Gasteiger partial charge in [-0.1, -0.05) is 0 Å². The Morgan fingerprint density at radius 3 is 2.67 bits per heavy atom. The molecule has 1 aromatic rings. The van der Waals surface area contributed by atoms with Crippen molar-refractivity contribution in [3.8, 4) is 0 Å². The average molecular weight is 287 g/mol. The van der Waals surface area contributed by atoms with Crippen LogP contribution in [0.1, 0.15) is 36.2 Å². The first-order chi connectivity index (χ1) is 8.48. The minimum atomic E-state index is -2.73. The zero-order valence-corrected chi connectivity index (χ0v) is 12.6. The lowest BCUT2D eigenvalue weighted by molar-refractivity contribution is 0.411. The van der Waals surface area contributed by atoms with Crippen molar-refractivity contribution >= 4 is 21.2 Å². The van der Waals surface area contributed by atoms with Crippen molar-refractivity contribution in [1.29, 1.82) is 0 Å². The average Bonchev–Trinajstić information content (AvgIpc) is 2.74. The number of hydrogen-bond acceptors (Lipinski definition) is 4. The maximum absolute atomic E-state index is 11.3. The monoisotopic (exact) mass is 287 g/mol. The Labute approximate surface area is 114 Å². The van der Waals surface area contributed by atoms with E-state index in [0.717, 1.165) is 19.4 Å². The number of thiophene rings is 1. The fraction of sp³-hybridized carbons (Fsp3) is 0.692. The Bertz CT molecular complexity index is 479. The van der Waals surface area contributed by atoms with Gasteiger partial charge in [0.25, 0.3) is 0 Å². The molecule has 3 nitrogen and oxygen atoms in total. The van der Waals surface area contributed by atoms with Gasteiger partial charge in [-0.05, 0) is 56.2 Å². The van der Waals surface area contributed by atoms with E-state index in [2.05, 4.69) is 30.6 Å². The van der Waals surface area contributed by atoms with Gasteiger partial charge in [0.05, 0.1) is 11.5 Å². The molecule has 1 N–H and O–H groups in total. The van der Waals surface area contributed by atoms with E-state index in [1.165, 1.54) is 10.4 Å². The third-order valence-electron chi connectivity index (χ3n) is 3.68. The normalized spacial score (nSPS) is 21.9. The van der Waals surface area contributed by atoms with Crippen LogP contribution in [0.15, 0.2) is 11.4 Å². The van der Waals surface area contributed by atoms with Crippen LogP contribution in [0.2, 0.25) is 0 Å². The van der Waals surface area contributed by atoms with Crippen molar-refractivity contribution < 1.29 is 8.42 Å². The molecule has 1 aliphatic rings. The largest absolute Gasteiger partial charge is 0.309 e. The fourth-order valence-electron chi connectivity index (χ4n) is 2.41. The second kappa shape index (κ2) is 5.72. The molecule has 1 aromatic heterocycles. The summed E-state index contributed by atoms with van der Waals surface area (Å²) >= 11 is 1.79. The smallest absolute Gasteiger partial charge is 0.150 e. The van der Waals surface area contributed by atoms with Gasteiger partial charge < -0.3 is 5.32 Å². The van der Waals surface area contributed by atoms with Gasteiger partial charge in [0.1, 0.15) is 9.84 Å². The summed E-state index contributed by atoms with van der Waals surface area (Å²) in [5.41, 5.74) is 1.34. The number of sulfone groups is 1. The molecule has 1 atom stereocenters. The maximum Gasteiger partial charge on any atom is 0.150 e. The standard InChI is InChI=1S/C13H21NO2S2/c1-10-3-6-17-13(10)11(2)14-9-12-4-7-18(15,16)8-5-12/h3,6,11-12,14H,4-5,7-9H2,1-2H3. The summed E-state index contributed by atoms with van der Waals surface area (Å²) < 4.78 is 22.7. The van der Waals surface area contributed by atoms with E-state index in [1.54, 1.807) is 11.3 Å². The van der Waals surface area contributed by atoms with Crippen molar-refractivity contribution in [2.45, 2.75) is 32.7 Å². The van der Waals surface area contributed by atoms with E-state index < -0.39 is 9.84 Å². The third-order valence-corrected chi connectivity index (χ3v) is 6.60. The van der Waals surface area contributed by atoms with Crippen LogP contribution in [0.3, 0.4) is 0 Å². The third kappa shape index (κ3) is 3.56. The summed E-state index contributed by atoms with van der Waals surface area (Å²) in [6.07, 6.45) is 1.62. The first kappa shape index (κ1) is 14.0. The molecule has 0 saturated carbocycles. The van der Waals surface area contributed by atoms with Crippen molar-refractivity contribution in [3.63, 3.8) is 0 Å². The van der Waals surface area contributed by atoms with E-state index in [9.17, 15) is 8.42 Å². The molecule has 1 aliphatic heterocycles. The topological polar surface area (TPSA) is 46.2 Å². The summed E-state index contributed by atoms with van der Waals surface area (Å²) in [6, 6.07) is 2.51. The molecule has 0 aliphatic carbocycles. The maximum atomic E-state index is 11.3. The minimum Gasteiger partial charge on any atom is -0.309 e. The number of nitrogens with one attached hydrogen (secondary N) is 1. The van der Waals surface area contributed by atoms with Gasteiger partial charge in [-0.25, -0.2) is 8.42 Å². The van der Waals surface area contributed by atoms with Gasteiger partial charge in [0.15, 0.2) is 0 Å². The number of hydrogen-bond donors (Lipinski definition) is 1. The fourth-order valence-corrected chi connectivity index (χ4v) is 4.96. The van der Waals surface area contributed by atoms with Crippen molar-refractivity contribution in [2.75, 3.05) is 18.1 Å². The summed E-state index contributed by atoms with van der Waals surface area (Å²) in [5.74, 6) is 1.24. The van der Waals surface area contributed by atoms with Crippen LogP contribution in [0.4, 0.5) is 0 Å². The van der Waals surface area contributed by atoms with Crippen molar-refractivity contribution in [2.24, 2.45) is 5.92 Å². The van der Waals surface area contributed by atoms with E-state index >= 15 is 0 Å². The molecule has 0 bridgehead atoms. The highest BCUT2D eigenvalue weighted by Gasteiger charge is 2.23. The van der Waals surface area contributed by atoms with Crippen molar-refractivity contribution in [3.05, 3.63) is 21.9 Å². The van der Waals surface area contributed by atoms with E-state index in [0.29, 0.717) is 23.5 Å². The number of aryl methyl sites for hydroxylation is 1. The highest BCUT2D eigenvalue weighted by atomic mass is 32.2. The van der Waals surface area contributed by atoms with Crippen LogP contribution >= 0.6 is 11.3 Å². The number of rotatable bonds is 4. The van der Waals surface area contributed by atoms with E-state index in [1.807, 2.05) is 0 Å². The summed E-state index contributed by atoms with van der Waals surface area (Å²) in [5, 5.41) is 5.66. The molecule has 1 saturated heterocycles. The van der Waals surface area contributed by atoms with Crippen LogP contribution in [-0.2, 0) is 9.84 Å². The predicted octanol–water partition coefficient (Wildman–Crippen LogP) is 2.53. The van der Waals surface area contributed by atoms with Gasteiger partial charge in [-0.2, -0.15) is 0 Å². The lowest BCUT2D eigenvalue weighted by Gasteiger charge is -2.24. The molecule has 1 unspecified atom stereocenters. The quantitative estimate of drug-likeness (QED) is 0.925. The van der Waals surface area contributed by atoms with Crippen LogP contribution in [-0.4, -0.2) is 26.5 Å². The Morgan fingerprint density at radius 1 is 1.44 bits per heavy atom. The molecule has 102 valence electrons. The first-order valence-electron chi connectivity index (χ1n) is 6.46. The van der Waals surface area contributed by atoms with E-state index in [-0.39, 0.29) is 0 Å². The summed E-state index contributed by atoms with van der Waals surface area (Å²) in [7, 11) is -2.73. The van der Waals surface area contributed by atoms with Gasteiger partial charge in [-0.15, -0.1) is 11.3 Å².